The molecule has 0 unspecified atom stereocenters. The van der Waals surface area contributed by atoms with E-state index in [1.54, 1.807) is 0 Å². The molecule has 1 heteroatoms. The van der Waals surface area contributed by atoms with Crippen LogP contribution in [-0.2, 0) is 0 Å². The maximum absolute atomic E-state index is 3.69. The molecule has 1 heterocycles. The topological polar surface area (TPSA) is 12.0 Å². The molecule has 1 fully saturated rings. The summed E-state index contributed by atoms with van der Waals surface area (Å²) in [5.41, 5.74) is 3.44. The van der Waals surface area contributed by atoms with Gasteiger partial charge in [-0.05, 0) is 43.3 Å². The summed E-state index contributed by atoms with van der Waals surface area (Å²) in [5.74, 6) is 0. The standard InChI is InChI=1S/C13H19N/c1-3-4-6-12-11(2)9-13(10-14-12)7-5-8-13/h3-4,6,14H,1,5,7-10H2,2H3/b6-4-. The summed E-state index contributed by atoms with van der Waals surface area (Å²) >= 11 is 0. The zero-order chi connectivity index (χ0) is 10.0. The Hall–Kier alpha value is -0.980. The van der Waals surface area contributed by atoms with Crippen molar-refractivity contribution in [3.05, 3.63) is 36.1 Å². The predicted octanol–water partition coefficient (Wildman–Crippen LogP) is 3.17. The highest BCUT2D eigenvalue weighted by Crippen LogP contribution is 2.47. The van der Waals surface area contributed by atoms with Crippen molar-refractivity contribution in [3.8, 4) is 0 Å². The van der Waals surface area contributed by atoms with Gasteiger partial charge in [0.1, 0.15) is 0 Å². The minimum atomic E-state index is 0.621. The Kier molecular flexibility index (Phi) is 2.49. The molecule has 1 aliphatic carbocycles. The SMILES string of the molecule is C=C/C=C\C1=C(C)CC2(CCC2)CN1. The Morgan fingerprint density at radius 1 is 1.43 bits per heavy atom. The van der Waals surface area contributed by atoms with Gasteiger partial charge in [-0.3, -0.25) is 0 Å². The van der Waals surface area contributed by atoms with E-state index in [1.165, 1.54) is 43.5 Å². The molecule has 0 saturated heterocycles. The van der Waals surface area contributed by atoms with Crippen LogP contribution in [0.5, 0.6) is 0 Å². The molecule has 1 spiro atoms. The van der Waals surface area contributed by atoms with Gasteiger partial charge in [-0.25, -0.2) is 0 Å². The van der Waals surface area contributed by atoms with E-state index in [9.17, 15) is 0 Å². The monoisotopic (exact) mass is 189 g/mol. The Morgan fingerprint density at radius 2 is 2.21 bits per heavy atom. The summed E-state index contributed by atoms with van der Waals surface area (Å²) in [4.78, 5) is 0. The fraction of sp³-hybridized carbons (Fsp3) is 0.538. The van der Waals surface area contributed by atoms with Gasteiger partial charge in [0, 0.05) is 12.2 Å². The van der Waals surface area contributed by atoms with Crippen LogP contribution in [0, 0.1) is 5.41 Å². The van der Waals surface area contributed by atoms with Crippen LogP contribution in [0.4, 0.5) is 0 Å². The second-order valence-corrected chi connectivity index (χ2v) is 4.67. The lowest BCUT2D eigenvalue weighted by molar-refractivity contribution is 0.126. The Balaban J connectivity index is 2.08. The molecule has 76 valence electrons. The van der Waals surface area contributed by atoms with Crippen LogP contribution < -0.4 is 5.32 Å². The number of hydrogen-bond acceptors (Lipinski definition) is 1. The first kappa shape index (κ1) is 9.57. The van der Waals surface area contributed by atoms with Gasteiger partial charge in [0.2, 0.25) is 0 Å². The third-order valence-corrected chi connectivity index (χ3v) is 3.57. The van der Waals surface area contributed by atoms with E-state index in [0.717, 1.165) is 0 Å². The maximum atomic E-state index is 3.69. The van der Waals surface area contributed by atoms with Crippen molar-refractivity contribution >= 4 is 0 Å². The van der Waals surface area contributed by atoms with E-state index < -0.39 is 0 Å². The third-order valence-electron chi connectivity index (χ3n) is 3.57. The lowest BCUT2D eigenvalue weighted by Gasteiger charge is -2.46. The highest BCUT2D eigenvalue weighted by atomic mass is 14.9. The van der Waals surface area contributed by atoms with Gasteiger partial charge in [-0.15, -0.1) is 0 Å². The first-order valence-electron chi connectivity index (χ1n) is 5.48. The Labute approximate surface area is 86.6 Å². The molecule has 0 radical (unpaired) electrons. The fourth-order valence-electron chi connectivity index (χ4n) is 2.55. The predicted molar refractivity (Wildman–Crippen MR) is 60.9 cm³/mol. The summed E-state index contributed by atoms with van der Waals surface area (Å²) in [6.07, 6.45) is 11.5. The van der Waals surface area contributed by atoms with Crippen LogP contribution in [0.1, 0.15) is 32.6 Å². The van der Waals surface area contributed by atoms with Crippen LogP contribution in [0.25, 0.3) is 0 Å². The summed E-state index contributed by atoms with van der Waals surface area (Å²) in [7, 11) is 0. The fourth-order valence-corrected chi connectivity index (χ4v) is 2.55. The second-order valence-electron chi connectivity index (χ2n) is 4.67. The van der Waals surface area contributed by atoms with E-state index in [4.69, 9.17) is 0 Å². The third kappa shape index (κ3) is 1.63. The average molecular weight is 189 g/mol. The highest BCUT2D eigenvalue weighted by molar-refractivity contribution is 5.29. The van der Waals surface area contributed by atoms with Gasteiger partial charge < -0.3 is 5.32 Å². The normalized spacial score (nSPS) is 24.9. The van der Waals surface area contributed by atoms with Crippen molar-refractivity contribution in [1.29, 1.82) is 0 Å². The van der Waals surface area contributed by atoms with Crippen molar-refractivity contribution < 1.29 is 0 Å². The lowest BCUT2D eigenvalue weighted by Crippen LogP contribution is -2.43. The molecule has 14 heavy (non-hydrogen) atoms. The molecule has 2 aliphatic rings. The smallest absolute Gasteiger partial charge is 0.0329 e. The quantitative estimate of drug-likeness (QED) is 0.658. The van der Waals surface area contributed by atoms with E-state index in [2.05, 4.69) is 24.9 Å². The molecule has 2 rings (SSSR count). The molecule has 0 aromatic carbocycles. The van der Waals surface area contributed by atoms with Crippen LogP contribution in [0.3, 0.4) is 0 Å². The lowest BCUT2D eigenvalue weighted by atomic mass is 9.64. The molecule has 1 saturated carbocycles. The first-order chi connectivity index (χ1) is 6.76. The van der Waals surface area contributed by atoms with Crippen LogP contribution >= 0.6 is 0 Å². The summed E-state index contributed by atoms with van der Waals surface area (Å²) in [6, 6.07) is 0. The number of rotatable bonds is 2. The summed E-state index contributed by atoms with van der Waals surface area (Å²) in [6.45, 7) is 7.10. The second kappa shape index (κ2) is 3.64. The van der Waals surface area contributed by atoms with Gasteiger partial charge in [0.15, 0.2) is 0 Å². The molecule has 1 nitrogen and oxygen atoms in total. The van der Waals surface area contributed by atoms with Crippen molar-refractivity contribution in [2.24, 2.45) is 5.41 Å². The van der Waals surface area contributed by atoms with Gasteiger partial charge in [-0.1, -0.05) is 25.2 Å². The molecule has 0 aromatic rings. The molecular weight excluding hydrogens is 170 g/mol. The maximum Gasteiger partial charge on any atom is 0.0329 e. The van der Waals surface area contributed by atoms with Crippen molar-refractivity contribution in [2.45, 2.75) is 32.6 Å². The summed E-state index contributed by atoms with van der Waals surface area (Å²) < 4.78 is 0. The first-order valence-corrected chi connectivity index (χ1v) is 5.48. The Bertz CT molecular complexity index is 292. The van der Waals surface area contributed by atoms with Crippen molar-refractivity contribution in [1.82, 2.24) is 5.32 Å². The summed E-state index contributed by atoms with van der Waals surface area (Å²) in [5, 5.41) is 3.54. The van der Waals surface area contributed by atoms with E-state index >= 15 is 0 Å². The largest absolute Gasteiger partial charge is 0.385 e. The molecule has 1 aliphatic heterocycles. The molecule has 0 atom stereocenters. The van der Waals surface area contributed by atoms with E-state index in [0.29, 0.717) is 5.41 Å². The Morgan fingerprint density at radius 3 is 2.71 bits per heavy atom. The molecule has 1 N–H and O–H groups in total. The van der Waals surface area contributed by atoms with E-state index in [-0.39, 0.29) is 0 Å². The number of hydrogen-bond donors (Lipinski definition) is 1. The van der Waals surface area contributed by atoms with Crippen LogP contribution in [0.15, 0.2) is 36.1 Å². The van der Waals surface area contributed by atoms with Crippen molar-refractivity contribution in [3.63, 3.8) is 0 Å². The highest BCUT2D eigenvalue weighted by Gasteiger charge is 2.39. The average Bonchev–Trinajstić information content (AvgIpc) is 2.13. The van der Waals surface area contributed by atoms with Crippen molar-refractivity contribution in [2.75, 3.05) is 6.54 Å². The zero-order valence-corrected chi connectivity index (χ0v) is 8.97. The number of nitrogens with one attached hydrogen (secondary N) is 1. The minimum absolute atomic E-state index is 0.621. The van der Waals surface area contributed by atoms with Gasteiger partial charge in [0.25, 0.3) is 0 Å². The molecule has 0 amide bonds. The van der Waals surface area contributed by atoms with Crippen LogP contribution in [-0.4, -0.2) is 6.54 Å². The van der Waals surface area contributed by atoms with Gasteiger partial charge in [-0.2, -0.15) is 0 Å². The number of allylic oxidation sites excluding steroid dienone is 4. The van der Waals surface area contributed by atoms with E-state index in [1.807, 2.05) is 12.2 Å². The van der Waals surface area contributed by atoms with Crippen LogP contribution in [0.2, 0.25) is 0 Å². The molecule has 0 aromatic heterocycles. The minimum Gasteiger partial charge on any atom is -0.385 e. The van der Waals surface area contributed by atoms with Gasteiger partial charge in [0.05, 0.1) is 0 Å². The molecule has 0 bridgehead atoms. The van der Waals surface area contributed by atoms with Gasteiger partial charge >= 0.3 is 0 Å². The zero-order valence-electron chi connectivity index (χ0n) is 8.97. The molecular formula is C13H19N.